The summed E-state index contributed by atoms with van der Waals surface area (Å²) in [6.07, 6.45) is 0.459. The highest BCUT2D eigenvalue weighted by Gasteiger charge is 2.07. The molecule has 0 aliphatic heterocycles. The van der Waals surface area contributed by atoms with Gasteiger partial charge in [0.25, 0.3) is 0 Å². The summed E-state index contributed by atoms with van der Waals surface area (Å²) < 4.78 is 19.0. The zero-order valence-electron chi connectivity index (χ0n) is 10.3. The monoisotopic (exact) mass is 314 g/mol. The lowest BCUT2D eigenvalue weighted by Gasteiger charge is -2.20. The Kier molecular flexibility index (Phi) is 6.88. The third-order valence-electron chi connectivity index (χ3n) is 2.48. The first-order chi connectivity index (χ1) is 8.65. The van der Waals surface area contributed by atoms with Crippen LogP contribution in [-0.4, -0.2) is 31.7 Å². The fourth-order valence-electron chi connectivity index (χ4n) is 1.66. The van der Waals surface area contributed by atoms with Crippen LogP contribution in [-0.2, 0) is 11.3 Å². The highest BCUT2D eigenvalue weighted by molar-refractivity contribution is 9.10. The van der Waals surface area contributed by atoms with Crippen LogP contribution in [0.2, 0.25) is 0 Å². The van der Waals surface area contributed by atoms with E-state index in [1.807, 2.05) is 6.07 Å². The molecule has 98 valence electrons. The average molecular weight is 315 g/mol. The van der Waals surface area contributed by atoms with Crippen LogP contribution in [0.25, 0.3) is 0 Å². The van der Waals surface area contributed by atoms with Crippen molar-refractivity contribution >= 4 is 15.9 Å². The number of methoxy groups -OCH3 is 1. The summed E-state index contributed by atoms with van der Waals surface area (Å²) >= 11 is 3.27. The molecule has 0 aliphatic rings. The van der Waals surface area contributed by atoms with Gasteiger partial charge in [0.05, 0.1) is 12.7 Å². The molecular formula is C13H16BrFN2O. The quantitative estimate of drug-likeness (QED) is 0.776. The van der Waals surface area contributed by atoms with Crippen molar-refractivity contribution in [3.8, 4) is 6.07 Å². The molecule has 0 saturated carbocycles. The molecule has 0 radical (unpaired) electrons. The fourth-order valence-corrected chi connectivity index (χ4v) is 2.17. The molecule has 0 N–H and O–H groups in total. The first-order valence-corrected chi connectivity index (χ1v) is 6.48. The molecule has 3 nitrogen and oxygen atoms in total. The molecule has 0 fully saturated rings. The zero-order chi connectivity index (χ0) is 13.4. The molecule has 0 bridgehead atoms. The molecule has 1 aromatic rings. The molecular weight excluding hydrogens is 299 g/mol. The molecule has 18 heavy (non-hydrogen) atoms. The Hall–Kier alpha value is -0.960. The van der Waals surface area contributed by atoms with Crippen LogP contribution >= 0.6 is 15.9 Å². The smallest absolute Gasteiger partial charge is 0.124 e. The Morgan fingerprint density at radius 3 is 2.78 bits per heavy atom. The van der Waals surface area contributed by atoms with Gasteiger partial charge in [0, 0.05) is 37.6 Å². The van der Waals surface area contributed by atoms with E-state index in [0.29, 0.717) is 26.1 Å². The Morgan fingerprint density at radius 1 is 1.39 bits per heavy atom. The Labute approximate surface area is 115 Å². The van der Waals surface area contributed by atoms with Gasteiger partial charge in [-0.1, -0.05) is 15.9 Å². The second-order valence-electron chi connectivity index (χ2n) is 3.95. The SMILES string of the molecule is COCCN(CCC#N)Cc1cc(F)cc(Br)c1. The maximum atomic E-state index is 13.3. The molecule has 0 amide bonds. The predicted molar refractivity (Wildman–Crippen MR) is 71.5 cm³/mol. The highest BCUT2D eigenvalue weighted by Crippen LogP contribution is 2.16. The topological polar surface area (TPSA) is 36.3 Å². The summed E-state index contributed by atoms with van der Waals surface area (Å²) in [4.78, 5) is 2.08. The summed E-state index contributed by atoms with van der Waals surface area (Å²) in [5.41, 5.74) is 0.885. The maximum absolute atomic E-state index is 13.3. The van der Waals surface area contributed by atoms with Crippen molar-refractivity contribution in [3.63, 3.8) is 0 Å². The number of rotatable bonds is 7. The van der Waals surface area contributed by atoms with Crippen molar-refractivity contribution < 1.29 is 9.13 Å². The number of nitriles is 1. The normalized spacial score (nSPS) is 10.6. The minimum absolute atomic E-state index is 0.258. The third-order valence-corrected chi connectivity index (χ3v) is 2.94. The van der Waals surface area contributed by atoms with Gasteiger partial charge in [-0.25, -0.2) is 4.39 Å². The lowest BCUT2D eigenvalue weighted by molar-refractivity contribution is 0.145. The summed E-state index contributed by atoms with van der Waals surface area (Å²) in [5, 5.41) is 8.62. The molecule has 0 atom stereocenters. The molecule has 5 heteroatoms. The third kappa shape index (κ3) is 5.58. The molecule has 0 spiro atoms. The number of hydrogen-bond acceptors (Lipinski definition) is 3. The minimum Gasteiger partial charge on any atom is -0.383 e. The van der Waals surface area contributed by atoms with E-state index in [2.05, 4.69) is 26.9 Å². The number of halogens is 2. The second kappa shape index (κ2) is 8.20. The van der Waals surface area contributed by atoms with Crippen molar-refractivity contribution in [1.29, 1.82) is 5.26 Å². The standard InChI is InChI=1S/C13H16BrFN2O/c1-18-6-5-17(4-2-3-16)10-11-7-12(14)9-13(15)8-11/h7-9H,2,4-6,10H2,1H3. The van der Waals surface area contributed by atoms with Crippen molar-refractivity contribution in [1.82, 2.24) is 4.90 Å². The van der Waals surface area contributed by atoms with Crippen LogP contribution in [0.1, 0.15) is 12.0 Å². The number of benzene rings is 1. The first-order valence-electron chi connectivity index (χ1n) is 5.69. The van der Waals surface area contributed by atoms with Gasteiger partial charge in [0.1, 0.15) is 5.82 Å². The van der Waals surface area contributed by atoms with Gasteiger partial charge >= 0.3 is 0 Å². The van der Waals surface area contributed by atoms with E-state index in [9.17, 15) is 4.39 Å². The summed E-state index contributed by atoms with van der Waals surface area (Å²) in [7, 11) is 1.64. The van der Waals surface area contributed by atoms with E-state index in [0.717, 1.165) is 16.6 Å². The van der Waals surface area contributed by atoms with Gasteiger partial charge in [-0.3, -0.25) is 4.90 Å². The van der Waals surface area contributed by atoms with Gasteiger partial charge < -0.3 is 4.74 Å². The van der Waals surface area contributed by atoms with Crippen LogP contribution in [0.15, 0.2) is 22.7 Å². The zero-order valence-corrected chi connectivity index (χ0v) is 11.9. The van der Waals surface area contributed by atoms with Gasteiger partial charge in [-0.15, -0.1) is 0 Å². The molecule has 0 unspecified atom stereocenters. The summed E-state index contributed by atoms with van der Waals surface area (Å²) in [6, 6.07) is 6.94. The Bertz CT molecular complexity index is 400. The van der Waals surface area contributed by atoms with E-state index in [1.54, 1.807) is 7.11 Å². The lowest BCUT2D eigenvalue weighted by Crippen LogP contribution is -2.28. The van der Waals surface area contributed by atoms with Crippen molar-refractivity contribution in [2.75, 3.05) is 26.8 Å². The minimum atomic E-state index is -0.258. The maximum Gasteiger partial charge on any atom is 0.124 e. The molecule has 0 aliphatic carbocycles. The average Bonchev–Trinajstić information content (AvgIpc) is 2.31. The van der Waals surface area contributed by atoms with Gasteiger partial charge in [-0.05, 0) is 23.8 Å². The molecule has 1 rings (SSSR count). The highest BCUT2D eigenvalue weighted by atomic mass is 79.9. The summed E-state index contributed by atoms with van der Waals surface area (Å²) in [5.74, 6) is -0.258. The van der Waals surface area contributed by atoms with Crippen molar-refractivity contribution in [3.05, 3.63) is 34.1 Å². The van der Waals surface area contributed by atoms with Crippen LogP contribution in [0.3, 0.4) is 0 Å². The summed E-state index contributed by atoms with van der Waals surface area (Å²) in [6.45, 7) is 2.60. The van der Waals surface area contributed by atoms with E-state index >= 15 is 0 Å². The van der Waals surface area contributed by atoms with E-state index < -0.39 is 0 Å². The number of ether oxygens (including phenoxy) is 1. The van der Waals surface area contributed by atoms with E-state index in [-0.39, 0.29) is 5.82 Å². The second-order valence-corrected chi connectivity index (χ2v) is 4.87. The van der Waals surface area contributed by atoms with E-state index in [1.165, 1.54) is 12.1 Å². The predicted octanol–water partition coefficient (Wildman–Crippen LogP) is 2.95. The molecule has 0 aromatic heterocycles. The molecule has 0 saturated heterocycles. The molecule has 0 heterocycles. The largest absolute Gasteiger partial charge is 0.383 e. The van der Waals surface area contributed by atoms with Crippen LogP contribution < -0.4 is 0 Å². The Balaban J connectivity index is 2.65. The van der Waals surface area contributed by atoms with Gasteiger partial charge in [-0.2, -0.15) is 5.26 Å². The molecule has 1 aromatic carbocycles. The van der Waals surface area contributed by atoms with Crippen LogP contribution in [0.4, 0.5) is 4.39 Å². The lowest BCUT2D eigenvalue weighted by atomic mass is 10.2. The first kappa shape index (κ1) is 15.1. The number of hydrogen-bond donors (Lipinski definition) is 0. The van der Waals surface area contributed by atoms with Gasteiger partial charge in [0.15, 0.2) is 0 Å². The van der Waals surface area contributed by atoms with Crippen molar-refractivity contribution in [2.45, 2.75) is 13.0 Å². The van der Waals surface area contributed by atoms with Crippen LogP contribution in [0, 0.1) is 17.1 Å². The van der Waals surface area contributed by atoms with E-state index in [4.69, 9.17) is 10.00 Å². The van der Waals surface area contributed by atoms with Gasteiger partial charge in [0.2, 0.25) is 0 Å². The number of nitrogens with zero attached hydrogens (tertiary/aromatic N) is 2. The fraction of sp³-hybridized carbons (Fsp3) is 0.462. The Morgan fingerprint density at radius 2 is 2.17 bits per heavy atom. The van der Waals surface area contributed by atoms with Crippen molar-refractivity contribution in [2.24, 2.45) is 0 Å². The van der Waals surface area contributed by atoms with Crippen LogP contribution in [0.5, 0.6) is 0 Å².